The number of nitrogens with one attached hydrogen (secondary N) is 1. The molecule has 1 atom stereocenters. The lowest BCUT2D eigenvalue weighted by atomic mass is 10.1. The Morgan fingerprint density at radius 3 is 2.65 bits per heavy atom. The summed E-state index contributed by atoms with van der Waals surface area (Å²) in [5, 5.41) is 12.5. The third-order valence-corrected chi connectivity index (χ3v) is 3.58. The predicted octanol–water partition coefficient (Wildman–Crippen LogP) is 2.79. The number of hydrogen-bond acceptors (Lipinski definition) is 2. The molecule has 20 heavy (non-hydrogen) atoms. The van der Waals surface area contributed by atoms with Crippen LogP contribution in [-0.4, -0.2) is 22.3 Å². The maximum Gasteiger partial charge on any atom is 0.0470 e. The minimum absolute atomic E-state index is 0.251. The van der Waals surface area contributed by atoms with Gasteiger partial charge in [-0.3, -0.25) is 0 Å². The zero-order valence-corrected chi connectivity index (χ0v) is 12.1. The third-order valence-electron chi connectivity index (χ3n) is 3.58. The maximum atomic E-state index is 8.99. The van der Waals surface area contributed by atoms with Crippen molar-refractivity contribution in [1.29, 1.82) is 0 Å². The first-order valence-corrected chi connectivity index (χ1v) is 7.34. The Hall–Kier alpha value is -1.58. The van der Waals surface area contributed by atoms with Gasteiger partial charge in [-0.15, -0.1) is 0 Å². The number of hydrogen-bond donors (Lipinski definition) is 2. The lowest BCUT2D eigenvalue weighted by Crippen LogP contribution is -2.28. The van der Waals surface area contributed by atoms with E-state index in [4.69, 9.17) is 5.11 Å². The van der Waals surface area contributed by atoms with Gasteiger partial charge in [0, 0.05) is 38.1 Å². The smallest absolute Gasteiger partial charge is 0.0470 e. The Kier molecular flexibility index (Phi) is 5.84. The minimum Gasteiger partial charge on any atom is -0.396 e. The highest BCUT2D eigenvalue weighted by Crippen LogP contribution is 2.07. The minimum atomic E-state index is 0.251. The SMILES string of the molecule is CCC(CCO)NCc1ccn(Cc2ccccc2)c1. The first-order chi connectivity index (χ1) is 9.81. The van der Waals surface area contributed by atoms with Crippen molar-refractivity contribution in [1.82, 2.24) is 9.88 Å². The fourth-order valence-electron chi connectivity index (χ4n) is 2.36. The molecule has 0 aliphatic heterocycles. The second kappa shape index (κ2) is 7.88. The van der Waals surface area contributed by atoms with Gasteiger partial charge in [-0.2, -0.15) is 0 Å². The standard InChI is InChI=1S/C17H24N2O/c1-2-17(9-11-20)18-12-16-8-10-19(14-16)13-15-6-4-3-5-7-15/h3-8,10,14,17-18,20H,2,9,11-13H2,1H3. The lowest BCUT2D eigenvalue weighted by Gasteiger charge is -2.14. The molecule has 2 N–H and O–H groups in total. The summed E-state index contributed by atoms with van der Waals surface area (Å²) in [6.45, 7) is 4.17. The number of benzene rings is 1. The van der Waals surface area contributed by atoms with Gasteiger partial charge in [-0.1, -0.05) is 37.3 Å². The summed E-state index contributed by atoms with van der Waals surface area (Å²) >= 11 is 0. The molecule has 0 fully saturated rings. The van der Waals surface area contributed by atoms with Crippen LogP contribution in [0, 0.1) is 0 Å². The van der Waals surface area contributed by atoms with Gasteiger partial charge in [-0.25, -0.2) is 0 Å². The van der Waals surface area contributed by atoms with Crippen LogP contribution in [-0.2, 0) is 13.1 Å². The third kappa shape index (κ3) is 4.51. The largest absolute Gasteiger partial charge is 0.396 e. The number of aliphatic hydroxyl groups is 1. The van der Waals surface area contributed by atoms with Crippen molar-refractivity contribution in [3.05, 3.63) is 59.9 Å². The normalized spacial score (nSPS) is 12.5. The molecular formula is C17H24N2O. The summed E-state index contributed by atoms with van der Waals surface area (Å²) < 4.78 is 2.21. The van der Waals surface area contributed by atoms with Crippen LogP contribution in [0.3, 0.4) is 0 Å². The molecule has 0 spiro atoms. The van der Waals surface area contributed by atoms with Crippen LogP contribution < -0.4 is 5.32 Å². The molecule has 2 rings (SSSR count). The van der Waals surface area contributed by atoms with Crippen molar-refractivity contribution < 1.29 is 5.11 Å². The van der Waals surface area contributed by atoms with E-state index in [1.165, 1.54) is 11.1 Å². The molecule has 108 valence electrons. The molecule has 0 saturated carbocycles. The van der Waals surface area contributed by atoms with Crippen molar-refractivity contribution in [3.8, 4) is 0 Å². The van der Waals surface area contributed by atoms with E-state index in [2.05, 4.69) is 59.5 Å². The highest BCUT2D eigenvalue weighted by molar-refractivity contribution is 5.17. The summed E-state index contributed by atoms with van der Waals surface area (Å²) in [6, 6.07) is 13.0. The maximum absolute atomic E-state index is 8.99. The van der Waals surface area contributed by atoms with E-state index in [0.29, 0.717) is 6.04 Å². The molecule has 1 heterocycles. The van der Waals surface area contributed by atoms with Crippen molar-refractivity contribution in [2.45, 2.75) is 38.9 Å². The molecule has 3 nitrogen and oxygen atoms in total. The Morgan fingerprint density at radius 1 is 1.15 bits per heavy atom. The lowest BCUT2D eigenvalue weighted by molar-refractivity contribution is 0.262. The van der Waals surface area contributed by atoms with Crippen LogP contribution >= 0.6 is 0 Å². The highest BCUT2D eigenvalue weighted by Gasteiger charge is 2.05. The van der Waals surface area contributed by atoms with Crippen LogP contribution in [0.2, 0.25) is 0 Å². The first-order valence-electron chi connectivity index (χ1n) is 7.34. The van der Waals surface area contributed by atoms with Gasteiger partial charge in [0.15, 0.2) is 0 Å². The molecule has 0 bridgehead atoms. The Bertz CT molecular complexity index is 493. The van der Waals surface area contributed by atoms with Crippen LogP contribution in [0.25, 0.3) is 0 Å². The quantitative estimate of drug-likeness (QED) is 0.775. The van der Waals surface area contributed by atoms with Gasteiger partial charge in [0.1, 0.15) is 0 Å². The summed E-state index contributed by atoms with van der Waals surface area (Å²) in [5.41, 5.74) is 2.60. The highest BCUT2D eigenvalue weighted by atomic mass is 16.3. The van der Waals surface area contributed by atoms with E-state index in [1.807, 2.05) is 6.07 Å². The number of nitrogens with zero attached hydrogens (tertiary/aromatic N) is 1. The second-order valence-corrected chi connectivity index (χ2v) is 5.18. The van der Waals surface area contributed by atoms with E-state index >= 15 is 0 Å². The van der Waals surface area contributed by atoms with Crippen molar-refractivity contribution >= 4 is 0 Å². The molecule has 3 heteroatoms. The van der Waals surface area contributed by atoms with Gasteiger partial charge in [0.25, 0.3) is 0 Å². The fraction of sp³-hybridized carbons (Fsp3) is 0.412. The van der Waals surface area contributed by atoms with E-state index in [1.54, 1.807) is 0 Å². The van der Waals surface area contributed by atoms with Crippen LogP contribution in [0.1, 0.15) is 30.9 Å². The average Bonchev–Trinajstić information content (AvgIpc) is 2.92. The molecule has 0 radical (unpaired) electrons. The van der Waals surface area contributed by atoms with Gasteiger partial charge in [-0.05, 0) is 30.0 Å². The molecule has 0 aliphatic carbocycles. The van der Waals surface area contributed by atoms with Crippen molar-refractivity contribution in [3.63, 3.8) is 0 Å². The summed E-state index contributed by atoms with van der Waals surface area (Å²) in [7, 11) is 0. The zero-order valence-electron chi connectivity index (χ0n) is 12.1. The van der Waals surface area contributed by atoms with Crippen LogP contribution in [0.15, 0.2) is 48.8 Å². The van der Waals surface area contributed by atoms with Crippen LogP contribution in [0.4, 0.5) is 0 Å². The average molecular weight is 272 g/mol. The molecule has 1 aromatic heterocycles. The molecule has 2 aromatic rings. The monoisotopic (exact) mass is 272 g/mol. The summed E-state index contributed by atoms with van der Waals surface area (Å²) in [5.74, 6) is 0. The molecule has 0 aliphatic rings. The first kappa shape index (κ1) is 14.8. The van der Waals surface area contributed by atoms with Gasteiger partial charge in [0.05, 0.1) is 0 Å². The molecule has 0 saturated heterocycles. The molecule has 1 unspecified atom stereocenters. The zero-order chi connectivity index (χ0) is 14.2. The van der Waals surface area contributed by atoms with Crippen molar-refractivity contribution in [2.75, 3.05) is 6.61 Å². The summed E-state index contributed by atoms with van der Waals surface area (Å²) in [6.07, 6.45) is 6.18. The Labute approximate surface area is 121 Å². The number of rotatable bonds is 8. The van der Waals surface area contributed by atoms with E-state index in [0.717, 1.165) is 25.9 Å². The predicted molar refractivity (Wildman–Crippen MR) is 82.6 cm³/mol. The number of aromatic nitrogens is 1. The molecule has 0 amide bonds. The van der Waals surface area contributed by atoms with Gasteiger partial charge < -0.3 is 15.0 Å². The molecule has 1 aromatic carbocycles. The van der Waals surface area contributed by atoms with Gasteiger partial charge in [0.2, 0.25) is 0 Å². The Balaban J connectivity index is 1.86. The topological polar surface area (TPSA) is 37.2 Å². The van der Waals surface area contributed by atoms with E-state index in [9.17, 15) is 0 Å². The van der Waals surface area contributed by atoms with E-state index in [-0.39, 0.29) is 6.61 Å². The second-order valence-electron chi connectivity index (χ2n) is 5.18. The number of aliphatic hydroxyl groups excluding tert-OH is 1. The summed E-state index contributed by atoms with van der Waals surface area (Å²) in [4.78, 5) is 0. The fourth-order valence-corrected chi connectivity index (χ4v) is 2.36. The van der Waals surface area contributed by atoms with Crippen LogP contribution in [0.5, 0.6) is 0 Å². The van der Waals surface area contributed by atoms with Crippen molar-refractivity contribution in [2.24, 2.45) is 0 Å². The molecular weight excluding hydrogens is 248 g/mol. The van der Waals surface area contributed by atoms with Gasteiger partial charge >= 0.3 is 0 Å². The van der Waals surface area contributed by atoms with E-state index < -0.39 is 0 Å². The Morgan fingerprint density at radius 2 is 1.95 bits per heavy atom.